The van der Waals surface area contributed by atoms with Gasteiger partial charge in [-0.25, -0.2) is 0 Å². The molecule has 1 aromatic carbocycles. The molecule has 1 fully saturated rings. The predicted octanol–water partition coefficient (Wildman–Crippen LogP) is 3.97. The fraction of sp³-hybridized carbons (Fsp3) is 0.562. The van der Waals surface area contributed by atoms with Crippen LogP contribution in [0.1, 0.15) is 33.1 Å². The summed E-state index contributed by atoms with van der Waals surface area (Å²) in [5, 5.41) is 0.608. The zero-order chi connectivity index (χ0) is 15.4. The minimum atomic E-state index is -0.106. The molecule has 1 amide bonds. The Kier molecular flexibility index (Phi) is 8.04. The fourth-order valence-corrected chi connectivity index (χ4v) is 3.84. The van der Waals surface area contributed by atoms with Gasteiger partial charge in [0.2, 0.25) is 5.91 Å². The van der Waals surface area contributed by atoms with Crippen LogP contribution in [0.3, 0.4) is 0 Å². The van der Waals surface area contributed by atoms with Gasteiger partial charge in [-0.05, 0) is 57.4 Å². The van der Waals surface area contributed by atoms with Gasteiger partial charge in [0.15, 0.2) is 0 Å². The van der Waals surface area contributed by atoms with E-state index in [2.05, 4.69) is 0 Å². The van der Waals surface area contributed by atoms with E-state index in [-0.39, 0.29) is 35.6 Å². The molecule has 0 spiro atoms. The summed E-state index contributed by atoms with van der Waals surface area (Å²) >= 11 is 7.47. The lowest BCUT2D eigenvalue weighted by molar-refractivity contribution is -0.134. The summed E-state index contributed by atoms with van der Waals surface area (Å²) in [6.45, 7) is 4.79. The Hall–Kier alpha value is -0.420. The van der Waals surface area contributed by atoms with Crippen molar-refractivity contribution in [3.63, 3.8) is 0 Å². The molecule has 124 valence electrons. The number of hydrogen-bond donors (Lipinski definition) is 1. The summed E-state index contributed by atoms with van der Waals surface area (Å²) in [6.07, 6.45) is 3.25. The summed E-state index contributed by atoms with van der Waals surface area (Å²) in [7, 11) is 0. The van der Waals surface area contributed by atoms with Gasteiger partial charge in [-0.15, -0.1) is 24.2 Å². The van der Waals surface area contributed by atoms with Crippen molar-refractivity contribution in [1.29, 1.82) is 0 Å². The Balaban J connectivity index is 0.00000242. The molecule has 1 heterocycles. The molecular formula is C16H24Cl2N2OS. The largest absolute Gasteiger partial charge is 0.337 e. The second-order valence-corrected chi connectivity index (χ2v) is 7.52. The third-order valence-corrected chi connectivity index (χ3v) is 5.26. The number of nitrogens with two attached hydrogens (primary N) is 1. The monoisotopic (exact) mass is 362 g/mol. The number of amides is 1. The second-order valence-electron chi connectivity index (χ2n) is 5.67. The maximum absolute atomic E-state index is 12.7. The molecule has 3 unspecified atom stereocenters. The molecule has 1 aliphatic rings. The third-order valence-electron chi connectivity index (χ3n) is 3.91. The Labute approximate surface area is 148 Å². The molecule has 0 aliphatic carbocycles. The van der Waals surface area contributed by atoms with Crippen molar-refractivity contribution in [2.75, 3.05) is 6.54 Å². The number of rotatable bonds is 4. The van der Waals surface area contributed by atoms with Gasteiger partial charge in [-0.1, -0.05) is 11.6 Å². The maximum atomic E-state index is 12.7. The van der Waals surface area contributed by atoms with Crippen LogP contribution < -0.4 is 5.73 Å². The molecule has 2 N–H and O–H groups in total. The molecule has 0 saturated carbocycles. The number of piperidine rings is 1. The Morgan fingerprint density at radius 2 is 1.95 bits per heavy atom. The predicted molar refractivity (Wildman–Crippen MR) is 97.0 cm³/mol. The summed E-state index contributed by atoms with van der Waals surface area (Å²) < 4.78 is 0. The van der Waals surface area contributed by atoms with Crippen LogP contribution in [0.5, 0.6) is 0 Å². The first kappa shape index (κ1) is 19.6. The number of thioether (sulfide) groups is 1. The van der Waals surface area contributed by atoms with E-state index in [9.17, 15) is 4.79 Å². The highest BCUT2D eigenvalue weighted by molar-refractivity contribution is 8.00. The number of nitrogens with zero attached hydrogens (tertiary/aromatic N) is 1. The van der Waals surface area contributed by atoms with Crippen LogP contribution in [0, 0.1) is 0 Å². The van der Waals surface area contributed by atoms with Gasteiger partial charge >= 0.3 is 0 Å². The average Bonchev–Trinajstić information content (AvgIpc) is 2.48. The molecule has 1 aromatic rings. The van der Waals surface area contributed by atoms with Gasteiger partial charge in [0.05, 0.1) is 5.25 Å². The number of halogens is 2. The van der Waals surface area contributed by atoms with Crippen molar-refractivity contribution in [2.45, 2.75) is 55.3 Å². The van der Waals surface area contributed by atoms with E-state index in [1.54, 1.807) is 11.8 Å². The lowest BCUT2D eigenvalue weighted by Crippen LogP contribution is -2.53. The highest BCUT2D eigenvalue weighted by atomic mass is 35.5. The van der Waals surface area contributed by atoms with Crippen LogP contribution in [0.4, 0.5) is 0 Å². The van der Waals surface area contributed by atoms with E-state index in [1.165, 1.54) is 0 Å². The van der Waals surface area contributed by atoms with E-state index < -0.39 is 0 Å². The molecule has 0 bridgehead atoms. The van der Waals surface area contributed by atoms with Crippen LogP contribution in [0.2, 0.25) is 5.02 Å². The zero-order valence-electron chi connectivity index (χ0n) is 13.0. The second kappa shape index (κ2) is 9.02. The minimum Gasteiger partial charge on any atom is -0.337 e. The van der Waals surface area contributed by atoms with E-state index in [0.717, 1.165) is 30.7 Å². The van der Waals surface area contributed by atoms with Gasteiger partial charge in [0, 0.05) is 28.5 Å². The van der Waals surface area contributed by atoms with Crippen LogP contribution in [-0.2, 0) is 4.79 Å². The van der Waals surface area contributed by atoms with Gasteiger partial charge in [-0.2, -0.15) is 0 Å². The maximum Gasteiger partial charge on any atom is 0.236 e. The van der Waals surface area contributed by atoms with Gasteiger partial charge in [0.1, 0.15) is 0 Å². The average molecular weight is 363 g/mol. The number of benzene rings is 1. The molecule has 3 atom stereocenters. The molecule has 1 aliphatic heterocycles. The van der Waals surface area contributed by atoms with E-state index >= 15 is 0 Å². The molecule has 22 heavy (non-hydrogen) atoms. The lowest BCUT2D eigenvalue weighted by atomic mass is 9.96. The number of carbonyl (C=O) groups excluding carboxylic acids is 1. The van der Waals surface area contributed by atoms with E-state index in [4.69, 9.17) is 17.3 Å². The first-order chi connectivity index (χ1) is 9.99. The molecular weight excluding hydrogens is 339 g/mol. The summed E-state index contributed by atoms with van der Waals surface area (Å²) in [6, 6.07) is 7.83. The third kappa shape index (κ3) is 5.05. The molecule has 0 radical (unpaired) electrons. The number of likely N-dealkylation sites (tertiary alicyclic amines) is 1. The van der Waals surface area contributed by atoms with Crippen molar-refractivity contribution in [2.24, 2.45) is 5.73 Å². The Morgan fingerprint density at radius 3 is 2.55 bits per heavy atom. The lowest BCUT2D eigenvalue weighted by Gasteiger charge is -2.39. The zero-order valence-corrected chi connectivity index (χ0v) is 15.4. The van der Waals surface area contributed by atoms with E-state index in [1.807, 2.05) is 43.0 Å². The van der Waals surface area contributed by atoms with Gasteiger partial charge in [0.25, 0.3) is 0 Å². The molecule has 0 aromatic heterocycles. The van der Waals surface area contributed by atoms with Crippen molar-refractivity contribution < 1.29 is 4.79 Å². The smallest absolute Gasteiger partial charge is 0.236 e. The molecule has 2 rings (SSSR count). The topological polar surface area (TPSA) is 46.3 Å². The Bertz CT molecular complexity index is 482. The summed E-state index contributed by atoms with van der Waals surface area (Å²) in [5.74, 6) is 0.192. The van der Waals surface area contributed by atoms with Crippen LogP contribution in [0.15, 0.2) is 29.2 Å². The van der Waals surface area contributed by atoms with Crippen molar-refractivity contribution >= 4 is 41.7 Å². The van der Waals surface area contributed by atoms with Gasteiger partial charge < -0.3 is 10.6 Å². The highest BCUT2D eigenvalue weighted by Crippen LogP contribution is 2.28. The quantitative estimate of drug-likeness (QED) is 0.824. The van der Waals surface area contributed by atoms with Crippen molar-refractivity contribution in [3.8, 4) is 0 Å². The Morgan fingerprint density at radius 1 is 1.32 bits per heavy atom. The minimum absolute atomic E-state index is 0. The highest BCUT2D eigenvalue weighted by Gasteiger charge is 2.31. The van der Waals surface area contributed by atoms with Crippen molar-refractivity contribution in [1.82, 2.24) is 4.90 Å². The van der Waals surface area contributed by atoms with Crippen LogP contribution >= 0.6 is 35.8 Å². The molecule has 6 heteroatoms. The van der Waals surface area contributed by atoms with Crippen molar-refractivity contribution in [3.05, 3.63) is 29.3 Å². The number of hydrogen-bond acceptors (Lipinski definition) is 3. The van der Waals surface area contributed by atoms with Crippen LogP contribution in [0.25, 0.3) is 0 Å². The first-order valence-corrected chi connectivity index (χ1v) is 8.73. The van der Waals surface area contributed by atoms with Gasteiger partial charge in [-0.3, -0.25) is 4.79 Å². The van der Waals surface area contributed by atoms with Crippen LogP contribution in [-0.4, -0.2) is 34.7 Å². The summed E-state index contributed by atoms with van der Waals surface area (Å²) in [4.78, 5) is 15.8. The first-order valence-electron chi connectivity index (χ1n) is 7.47. The molecule has 3 nitrogen and oxygen atoms in total. The normalized spacial score (nSPS) is 20.9. The number of carbonyl (C=O) groups is 1. The standard InChI is InChI=1S/C16H23ClN2OS.ClH/c1-11(18)15-5-3-4-10-19(15)16(20)12(2)21-14-8-6-13(17)7-9-14;/h6-9,11-12,15H,3-5,10,18H2,1-2H3;1H. The molecule has 1 saturated heterocycles. The van der Waals surface area contributed by atoms with E-state index in [0.29, 0.717) is 5.02 Å². The SMILES string of the molecule is CC(Sc1ccc(Cl)cc1)C(=O)N1CCCCC1C(C)N.Cl. The fourth-order valence-electron chi connectivity index (χ4n) is 2.78. The summed E-state index contributed by atoms with van der Waals surface area (Å²) in [5.41, 5.74) is 6.05.